The van der Waals surface area contributed by atoms with Gasteiger partial charge in [-0.3, -0.25) is 4.55 Å². The van der Waals surface area contributed by atoms with E-state index in [1.165, 1.54) is 0 Å². The lowest BCUT2D eigenvalue weighted by atomic mass is 10.1. The first-order valence-electron chi connectivity index (χ1n) is 11.0. The van der Waals surface area contributed by atoms with E-state index in [9.17, 15) is 44.8 Å². The van der Waals surface area contributed by atoms with Crippen molar-refractivity contribution >= 4 is 164 Å². The molecule has 1 atom stereocenters. The molecule has 0 fully saturated rings. The van der Waals surface area contributed by atoms with E-state index in [-0.39, 0.29) is 11.5 Å². The van der Waals surface area contributed by atoms with Gasteiger partial charge in [-0.05, 0) is 178 Å². The van der Waals surface area contributed by atoms with Gasteiger partial charge in [-0.2, -0.15) is 30.4 Å². The van der Waals surface area contributed by atoms with Gasteiger partial charge in [0.05, 0.1) is 31.0 Å². The molecule has 3 aromatic carbocycles. The van der Waals surface area contributed by atoms with Gasteiger partial charge in [-0.25, -0.2) is 14.4 Å². The highest BCUT2D eigenvalue weighted by molar-refractivity contribution is 14.1. The molecule has 0 radical (unpaired) electrons. The summed E-state index contributed by atoms with van der Waals surface area (Å²) < 4.78 is 117. The van der Waals surface area contributed by atoms with Gasteiger partial charge in [0.1, 0.15) is 0 Å². The number of rotatable bonds is 8. The molecule has 45 heavy (non-hydrogen) atoms. The Hall–Kier alpha value is 0.01000. The number of halogens is 11. The number of carbonyl (C=O) groups is 3. The molecule has 3 aromatic rings. The summed E-state index contributed by atoms with van der Waals surface area (Å²) in [6.07, 6.45) is -10.9. The molecule has 1 N–H and O–H groups in total. The van der Waals surface area contributed by atoms with Gasteiger partial charge in [0.15, 0.2) is 11.5 Å². The van der Waals surface area contributed by atoms with E-state index in [4.69, 9.17) is 14.0 Å². The molecular formula is C24H9F5I6O9S. The van der Waals surface area contributed by atoms with Crippen molar-refractivity contribution in [3.63, 3.8) is 0 Å². The van der Waals surface area contributed by atoms with Crippen LogP contribution in [0, 0.1) is 21.4 Å². The molecule has 0 bridgehead atoms. The van der Waals surface area contributed by atoms with E-state index < -0.39 is 62.3 Å². The normalized spacial score (nSPS) is 12.8. The molecule has 0 amide bonds. The Labute approximate surface area is 332 Å². The number of carbonyl (C=O) groups excluding carboxylic acids is 3. The molecule has 3 rings (SSSR count). The molecular weight excluding hydrogens is 1320 g/mol. The zero-order valence-corrected chi connectivity index (χ0v) is 34.7. The highest BCUT2D eigenvalue weighted by Crippen LogP contribution is 2.39. The lowest BCUT2D eigenvalue weighted by Crippen LogP contribution is -2.52. The first-order valence-corrected chi connectivity index (χ1v) is 18.9. The molecule has 0 heterocycles. The summed E-state index contributed by atoms with van der Waals surface area (Å²) in [6, 6.07) is 8.67. The third-order valence-corrected chi connectivity index (χ3v) is 10.5. The van der Waals surface area contributed by atoms with Crippen LogP contribution >= 0.6 is 136 Å². The van der Waals surface area contributed by atoms with E-state index in [0.29, 0.717) is 26.4 Å². The maximum Gasteiger partial charge on any atom is 0.432 e. The predicted octanol–water partition coefficient (Wildman–Crippen LogP) is 8.32. The van der Waals surface area contributed by atoms with Crippen molar-refractivity contribution in [2.75, 3.05) is 0 Å². The van der Waals surface area contributed by atoms with Crippen LogP contribution in [0.3, 0.4) is 0 Å². The molecule has 21 heteroatoms. The Kier molecular flexibility index (Phi) is 13.4. The molecule has 0 saturated heterocycles. The summed E-state index contributed by atoms with van der Waals surface area (Å²) in [5, 5.41) is -6.02. The van der Waals surface area contributed by atoms with Crippen LogP contribution in [-0.4, -0.2) is 48.4 Å². The Morgan fingerprint density at radius 1 is 0.622 bits per heavy atom. The zero-order valence-electron chi connectivity index (χ0n) is 20.9. The van der Waals surface area contributed by atoms with Crippen molar-refractivity contribution in [2.24, 2.45) is 0 Å². The van der Waals surface area contributed by atoms with Crippen molar-refractivity contribution in [3.8, 4) is 11.5 Å². The Morgan fingerprint density at radius 2 is 0.933 bits per heavy atom. The highest BCUT2D eigenvalue weighted by atomic mass is 127. The van der Waals surface area contributed by atoms with Crippen molar-refractivity contribution < 1.29 is 63.5 Å². The fraction of sp³-hybridized carbons (Fsp3) is 0.125. The lowest BCUT2D eigenvalue weighted by Gasteiger charge is -2.26. The average Bonchev–Trinajstić information content (AvgIpc) is 2.89. The van der Waals surface area contributed by atoms with Crippen molar-refractivity contribution in [1.82, 2.24) is 0 Å². The zero-order chi connectivity index (χ0) is 34.2. The van der Waals surface area contributed by atoms with Gasteiger partial charge < -0.3 is 14.2 Å². The summed E-state index contributed by atoms with van der Waals surface area (Å²) in [5.41, 5.74) is -2.28. The van der Waals surface area contributed by atoms with Crippen molar-refractivity contribution in [1.29, 1.82) is 0 Å². The maximum absolute atomic E-state index is 14.1. The summed E-state index contributed by atoms with van der Waals surface area (Å²) in [5.74, 6) is -4.53. The number of benzene rings is 3. The summed E-state index contributed by atoms with van der Waals surface area (Å²) >= 11 is 11.5. The Balaban J connectivity index is 2.13. The quantitative estimate of drug-likeness (QED) is 0.0778. The van der Waals surface area contributed by atoms with Crippen LogP contribution in [0.1, 0.15) is 31.1 Å². The second kappa shape index (κ2) is 15.3. The van der Waals surface area contributed by atoms with E-state index in [0.717, 1.165) is 13.2 Å². The molecule has 1 unspecified atom stereocenters. The monoisotopic (exact) mass is 1330 g/mol. The molecule has 0 saturated carbocycles. The third kappa shape index (κ3) is 9.80. The van der Waals surface area contributed by atoms with Crippen LogP contribution in [0.15, 0.2) is 42.5 Å². The van der Waals surface area contributed by atoms with Crippen LogP contribution in [0.2, 0.25) is 0 Å². The minimum absolute atomic E-state index is 0.0617. The first kappa shape index (κ1) is 39.4. The largest absolute Gasteiger partial charge is 0.441 e. The van der Waals surface area contributed by atoms with Crippen molar-refractivity contribution in [3.05, 3.63) is 80.6 Å². The van der Waals surface area contributed by atoms with E-state index in [1.807, 2.05) is 136 Å². The fourth-order valence-electron chi connectivity index (χ4n) is 3.17. The standard InChI is InChI=1S/C24H9F5I6O9S/c25-23(26,27)22(24(28,29)45(39,40)41)44-21(38)10-2-8(19(36)42-17-13(32)4-11(30)5-14(17)33)1-9(3-10)20(37)43-18-15(34)6-12(31)7-16(18)35/h1-7,22H,(H,39,40,41). The predicted molar refractivity (Wildman–Crippen MR) is 197 cm³/mol. The van der Waals surface area contributed by atoms with E-state index in [2.05, 4.69) is 4.74 Å². The number of hydrogen-bond acceptors (Lipinski definition) is 8. The minimum atomic E-state index is -6.73. The highest BCUT2D eigenvalue weighted by Gasteiger charge is 2.66. The molecule has 0 aliphatic carbocycles. The molecule has 9 nitrogen and oxygen atoms in total. The van der Waals surface area contributed by atoms with Crippen LogP contribution < -0.4 is 9.47 Å². The fourth-order valence-corrected chi connectivity index (χ4v) is 11.2. The SMILES string of the molecule is O=C(Oc1c(I)cc(I)cc1I)c1cc(C(=O)Oc2c(I)cc(I)cc2I)cc(C(=O)OC(C(F)(F)F)C(F)(F)S(=O)(=O)O)c1. The van der Waals surface area contributed by atoms with Gasteiger partial charge in [0.2, 0.25) is 0 Å². The molecule has 0 aliphatic heterocycles. The minimum Gasteiger partial charge on any atom is -0.441 e. The average molecular weight is 1330 g/mol. The molecule has 0 aliphatic rings. The smallest absolute Gasteiger partial charge is 0.432 e. The van der Waals surface area contributed by atoms with Gasteiger partial charge in [0.25, 0.3) is 6.10 Å². The van der Waals surface area contributed by atoms with Gasteiger partial charge >= 0.3 is 39.5 Å². The second-order valence-corrected chi connectivity index (χ2v) is 17.0. The molecule has 0 aromatic heterocycles. The van der Waals surface area contributed by atoms with E-state index in [1.54, 1.807) is 24.3 Å². The number of alkyl halides is 5. The molecule has 0 spiro atoms. The summed E-state index contributed by atoms with van der Waals surface area (Å²) in [6.45, 7) is 0. The summed E-state index contributed by atoms with van der Waals surface area (Å²) in [4.78, 5) is 39.1. The van der Waals surface area contributed by atoms with E-state index >= 15 is 0 Å². The molecule has 242 valence electrons. The van der Waals surface area contributed by atoms with Crippen LogP contribution in [0.4, 0.5) is 22.0 Å². The van der Waals surface area contributed by atoms with Gasteiger partial charge in [0, 0.05) is 7.14 Å². The maximum atomic E-state index is 14.1. The first-order chi connectivity index (χ1) is 20.5. The number of hydrogen-bond donors (Lipinski definition) is 1. The van der Waals surface area contributed by atoms with Crippen LogP contribution in [-0.2, 0) is 14.9 Å². The van der Waals surface area contributed by atoms with Gasteiger partial charge in [-0.15, -0.1) is 0 Å². The topological polar surface area (TPSA) is 133 Å². The Morgan fingerprint density at radius 3 is 1.22 bits per heavy atom. The number of esters is 3. The van der Waals surface area contributed by atoms with Gasteiger partial charge in [-0.1, -0.05) is 0 Å². The van der Waals surface area contributed by atoms with Crippen LogP contribution in [0.5, 0.6) is 11.5 Å². The third-order valence-electron chi connectivity index (χ3n) is 5.13. The Bertz CT molecular complexity index is 1680. The second-order valence-electron chi connectivity index (χ2n) is 8.34. The van der Waals surface area contributed by atoms with Crippen molar-refractivity contribution in [2.45, 2.75) is 17.5 Å². The summed E-state index contributed by atoms with van der Waals surface area (Å²) in [7, 11) is -6.73. The number of ether oxygens (including phenoxy) is 3. The lowest BCUT2D eigenvalue weighted by molar-refractivity contribution is -0.248. The van der Waals surface area contributed by atoms with Crippen LogP contribution in [0.25, 0.3) is 0 Å².